The Balaban J connectivity index is 1.71. The summed E-state index contributed by atoms with van der Waals surface area (Å²) >= 11 is 6.11. The van der Waals surface area contributed by atoms with Gasteiger partial charge in [-0.2, -0.15) is 0 Å². The van der Waals surface area contributed by atoms with Gasteiger partial charge in [-0.3, -0.25) is 14.2 Å². The van der Waals surface area contributed by atoms with Crippen molar-refractivity contribution in [2.24, 2.45) is 0 Å². The quantitative estimate of drug-likeness (QED) is 0.458. The monoisotopic (exact) mass is 493 g/mol. The molecule has 3 rings (SSSR count). The molecule has 0 heterocycles. The maximum Gasteiger partial charge on any atom is 0.261 e. The molecule has 1 amide bonds. The van der Waals surface area contributed by atoms with Crippen LogP contribution in [0.5, 0.6) is 0 Å². The maximum absolute atomic E-state index is 12.6. The van der Waals surface area contributed by atoms with Gasteiger partial charge >= 0.3 is 0 Å². The van der Waals surface area contributed by atoms with Gasteiger partial charge in [0.25, 0.3) is 15.9 Å². The van der Waals surface area contributed by atoms with E-state index in [1.54, 1.807) is 24.3 Å². The van der Waals surface area contributed by atoms with Gasteiger partial charge in [0.2, 0.25) is 10.0 Å². The smallest absolute Gasteiger partial charge is 0.261 e. The van der Waals surface area contributed by atoms with Crippen LogP contribution in [0.2, 0.25) is 5.02 Å². The summed E-state index contributed by atoms with van der Waals surface area (Å²) in [7, 11) is -7.27. The van der Waals surface area contributed by atoms with Crippen LogP contribution in [-0.4, -0.2) is 29.0 Å². The molecule has 0 fully saturated rings. The summed E-state index contributed by atoms with van der Waals surface area (Å²) in [6.45, 7) is 1.90. The van der Waals surface area contributed by atoms with Crippen LogP contribution in [0.3, 0.4) is 0 Å². The fraction of sp³-hybridized carbons (Fsp3) is 0.0952. The van der Waals surface area contributed by atoms with Gasteiger partial charge in [0, 0.05) is 17.1 Å². The first-order valence-electron chi connectivity index (χ1n) is 9.21. The second-order valence-electron chi connectivity index (χ2n) is 7.02. The Morgan fingerprint density at radius 3 is 1.91 bits per heavy atom. The number of hydrogen-bond donors (Lipinski definition) is 3. The van der Waals surface area contributed by atoms with Crippen LogP contribution < -0.4 is 14.8 Å². The zero-order valence-corrected chi connectivity index (χ0v) is 19.5. The van der Waals surface area contributed by atoms with E-state index in [9.17, 15) is 21.6 Å². The van der Waals surface area contributed by atoms with E-state index in [0.29, 0.717) is 11.4 Å². The Morgan fingerprint density at radius 2 is 1.34 bits per heavy atom. The van der Waals surface area contributed by atoms with E-state index in [4.69, 9.17) is 11.6 Å². The third-order valence-electron chi connectivity index (χ3n) is 4.24. The number of hydrogen-bond acceptors (Lipinski definition) is 5. The predicted molar refractivity (Wildman–Crippen MR) is 126 cm³/mol. The average molecular weight is 494 g/mol. The minimum absolute atomic E-state index is 0.0327. The summed E-state index contributed by atoms with van der Waals surface area (Å²) in [6.07, 6.45) is 1.00. The van der Waals surface area contributed by atoms with Gasteiger partial charge in [0.1, 0.15) is 0 Å². The van der Waals surface area contributed by atoms with E-state index in [1.807, 2.05) is 6.92 Å². The highest BCUT2D eigenvalue weighted by Crippen LogP contribution is 2.24. The van der Waals surface area contributed by atoms with E-state index in [1.165, 1.54) is 42.5 Å². The van der Waals surface area contributed by atoms with Crippen molar-refractivity contribution in [2.45, 2.75) is 11.8 Å². The third kappa shape index (κ3) is 6.22. The van der Waals surface area contributed by atoms with Crippen molar-refractivity contribution in [1.29, 1.82) is 0 Å². The summed E-state index contributed by atoms with van der Waals surface area (Å²) in [6, 6.07) is 16.7. The lowest BCUT2D eigenvalue weighted by Crippen LogP contribution is -2.15. The Kier molecular flexibility index (Phi) is 6.77. The molecule has 3 aromatic carbocycles. The molecule has 0 unspecified atom stereocenters. The van der Waals surface area contributed by atoms with Crippen LogP contribution in [0.15, 0.2) is 71.6 Å². The highest BCUT2D eigenvalue weighted by molar-refractivity contribution is 7.92. The summed E-state index contributed by atoms with van der Waals surface area (Å²) in [5.41, 5.74) is 2.16. The lowest BCUT2D eigenvalue weighted by molar-refractivity contribution is 0.102. The molecular weight excluding hydrogens is 474 g/mol. The van der Waals surface area contributed by atoms with E-state index < -0.39 is 26.0 Å². The fourth-order valence-corrected chi connectivity index (χ4v) is 4.61. The van der Waals surface area contributed by atoms with E-state index in [0.717, 1.165) is 11.8 Å². The lowest BCUT2D eigenvalue weighted by atomic mass is 10.2. The van der Waals surface area contributed by atoms with Crippen LogP contribution in [-0.2, 0) is 20.0 Å². The molecule has 0 radical (unpaired) electrons. The molecular formula is C21H20ClN3O5S2. The molecule has 3 aromatic rings. The number of halogens is 1. The number of amides is 1. The molecule has 0 bridgehead atoms. The van der Waals surface area contributed by atoms with Crippen LogP contribution in [0.25, 0.3) is 0 Å². The molecule has 3 N–H and O–H groups in total. The highest BCUT2D eigenvalue weighted by atomic mass is 35.5. The van der Waals surface area contributed by atoms with Crippen molar-refractivity contribution in [3.63, 3.8) is 0 Å². The van der Waals surface area contributed by atoms with Gasteiger partial charge in [-0.25, -0.2) is 16.8 Å². The van der Waals surface area contributed by atoms with Gasteiger partial charge in [0.15, 0.2) is 0 Å². The van der Waals surface area contributed by atoms with Crippen LogP contribution in [0, 0.1) is 6.92 Å². The van der Waals surface area contributed by atoms with Crippen molar-refractivity contribution in [2.75, 3.05) is 21.0 Å². The highest BCUT2D eigenvalue weighted by Gasteiger charge is 2.16. The summed E-state index contributed by atoms with van der Waals surface area (Å²) in [5.74, 6) is -0.533. The third-order valence-corrected chi connectivity index (χ3v) is 6.56. The largest absolute Gasteiger partial charge is 0.322 e. The van der Waals surface area contributed by atoms with Crippen molar-refractivity contribution >= 4 is 54.6 Å². The fourth-order valence-electron chi connectivity index (χ4n) is 2.73. The Morgan fingerprint density at radius 1 is 0.781 bits per heavy atom. The zero-order valence-electron chi connectivity index (χ0n) is 17.1. The minimum atomic E-state index is -3.79. The number of anilines is 3. The Labute approximate surface area is 191 Å². The Bertz CT molecular complexity index is 1360. The average Bonchev–Trinajstić information content (AvgIpc) is 2.69. The predicted octanol–water partition coefficient (Wildman–Crippen LogP) is 4.07. The topological polar surface area (TPSA) is 121 Å². The number of sulfonamides is 2. The number of aryl methyl sites for hydroxylation is 1. The minimum Gasteiger partial charge on any atom is -0.322 e. The van der Waals surface area contributed by atoms with Crippen molar-refractivity contribution < 1.29 is 21.6 Å². The second-order valence-corrected chi connectivity index (χ2v) is 10.9. The molecule has 11 heteroatoms. The normalized spacial score (nSPS) is 11.6. The van der Waals surface area contributed by atoms with Crippen molar-refractivity contribution in [1.82, 2.24) is 0 Å². The van der Waals surface area contributed by atoms with Crippen LogP contribution in [0.4, 0.5) is 17.1 Å². The number of rotatable bonds is 7. The zero-order chi connectivity index (χ0) is 23.5. The Hall–Kier alpha value is -3.08. The first-order chi connectivity index (χ1) is 14.9. The maximum atomic E-state index is 12.6. The van der Waals surface area contributed by atoms with Crippen LogP contribution >= 0.6 is 11.6 Å². The van der Waals surface area contributed by atoms with Gasteiger partial charge < -0.3 is 5.32 Å². The standard InChI is InChI=1S/C21H20ClN3O5S2/c1-14-3-5-16(6-4-14)25-32(29,30)18-10-7-15(8-11-18)23-21(26)19-12-9-17(13-20(19)22)24-31(2,27)28/h3-13,24-25H,1-2H3,(H,23,26). The summed E-state index contributed by atoms with van der Waals surface area (Å²) in [5, 5.41) is 2.68. The van der Waals surface area contributed by atoms with Gasteiger partial charge in [-0.15, -0.1) is 0 Å². The molecule has 0 aromatic heterocycles. The van der Waals surface area contributed by atoms with Gasteiger partial charge in [0.05, 0.1) is 21.7 Å². The van der Waals surface area contributed by atoms with E-state index >= 15 is 0 Å². The number of benzene rings is 3. The number of nitrogens with one attached hydrogen (secondary N) is 3. The van der Waals surface area contributed by atoms with Crippen molar-refractivity contribution in [3.8, 4) is 0 Å². The summed E-state index contributed by atoms with van der Waals surface area (Å²) < 4.78 is 52.5. The number of carbonyl (C=O) groups is 1. The molecule has 0 saturated heterocycles. The second kappa shape index (κ2) is 9.19. The SMILES string of the molecule is Cc1ccc(NS(=O)(=O)c2ccc(NC(=O)c3ccc(NS(C)(=O)=O)cc3Cl)cc2)cc1. The van der Waals surface area contributed by atoms with E-state index in [2.05, 4.69) is 14.8 Å². The lowest BCUT2D eigenvalue weighted by Gasteiger charge is -2.11. The molecule has 0 aliphatic rings. The van der Waals surface area contributed by atoms with Gasteiger partial charge in [-0.1, -0.05) is 29.3 Å². The first kappa shape index (κ1) is 23.6. The molecule has 0 aliphatic carbocycles. The molecule has 0 spiro atoms. The molecule has 0 atom stereocenters. The van der Waals surface area contributed by atoms with Crippen LogP contribution in [0.1, 0.15) is 15.9 Å². The number of carbonyl (C=O) groups excluding carboxylic acids is 1. The molecule has 168 valence electrons. The van der Waals surface area contributed by atoms with Gasteiger partial charge in [-0.05, 0) is 61.5 Å². The molecule has 0 saturated carbocycles. The van der Waals surface area contributed by atoms with E-state index in [-0.39, 0.29) is 21.2 Å². The first-order valence-corrected chi connectivity index (χ1v) is 13.0. The molecule has 0 aliphatic heterocycles. The molecule has 32 heavy (non-hydrogen) atoms. The molecule has 8 nitrogen and oxygen atoms in total. The van der Waals surface area contributed by atoms with Crippen molar-refractivity contribution in [3.05, 3.63) is 82.9 Å². The summed E-state index contributed by atoms with van der Waals surface area (Å²) in [4.78, 5) is 12.5.